The number of ether oxygens (including phenoxy) is 5. The number of aliphatic hydroxyl groups excluding tert-OH is 1. The number of thiazole rings is 1. The van der Waals surface area contributed by atoms with Crippen molar-refractivity contribution >= 4 is 57.2 Å². The van der Waals surface area contributed by atoms with Crippen molar-refractivity contribution in [2.45, 2.75) is 123 Å². The topological polar surface area (TPSA) is 188 Å². The lowest BCUT2D eigenvalue weighted by Crippen LogP contribution is -2.48. The van der Waals surface area contributed by atoms with E-state index in [9.17, 15) is 33.9 Å². The number of imide groups is 1. The van der Waals surface area contributed by atoms with Crippen LogP contribution in [0.25, 0.3) is 10.2 Å². The van der Waals surface area contributed by atoms with Crippen LogP contribution in [0.4, 0.5) is 4.79 Å². The van der Waals surface area contributed by atoms with Gasteiger partial charge in [0.25, 0.3) is 11.8 Å². The van der Waals surface area contributed by atoms with Gasteiger partial charge in [0.05, 0.1) is 44.9 Å². The SMILES string of the molecule is C=CC[C@H]1C(=O)C(C)(C)[C@@H](OC(=O)OCc2ccc(OC(=O)CCCN3C(=O)C=CC3=O)cc2)CC(=O)O[C@H](c2ccc3sc(C)nc3c2)C[C@@H]2O[C@]2(C)CCC[C@H](C)C1O. The van der Waals surface area contributed by atoms with Crippen LogP contribution < -0.4 is 4.74 Å². The summed E-state index contributed by atoms with van der Waals surface area (Å²) in [5, 5.41) is 12.5. The number of aromatic nitrogens is 1. The number of amides is 2. The second kappa shape index (κ2) is 19.2. The third-order valence-corrected chi connectivity index (χ3v) is 12.9. The molecule has 3 aliphatic heterocycles. The van der Waals surface area contributed by atoms with Gasteiger partial charge in [-0.1, -0.05) is 37.6 Å². The minimum atomic E-state index is -1.49. The summed E-state index contributed by atoms with van der Waals surface area (Å²) >= 11 is 1.57. The first-order valence-corrected chi connectivity index (χ1v) is 21.5. The predicted octanol–water partition coefficient (Wildman–Crippen LogP) is 7.43. The Balaban J connectivity index is 1.15. The fraction of sp³-hybridized carbons (Fsp3) is 0.500. The van der Waals surface area contributed by atoms with Crippen LogP contribution >= 0.6 is 11.3 Å². The molecular formula is C46H54N2O12S. The first kappa shape index (κ1) is 45.3. The summed E-state index contributed by atoms with van der Waals surface area (Å²) in [6, 6.07) is 12.0. The zero-order valence-corrected chi connectivity index (χ0v) is 36.1. The Morgan fingerprint density at radius 2 is 1.79 bits per heavy atom. The summed E-state index contributed by atoms with van der Waals surface area (Å²) in [6.07, 6.45) is 1.91. The maximum Gasteiger partial charge on any atom is 0.508 e. The fourth-order valence-electron chi connectivity index (χ4n) is 8.04. The van der Waals surface area contributed by atoms with Crippen molar-refractivity contribution in [2.24, 2.45) is 17.3 Å². The number of hydrogen-bond donors (Lipinski definition) is 1. The van der Waals surface area contributed by atoms with E-state index in [1.807, 2.05) is 39.0 Å². The molecule has 3 aliphatic rings. The van der Waals surface area contributed by atoms with Crippen LogP contribution in [0.1, 0.15) is 101 Å². The molecule has 4 heterocycles. The second-order valence-electron chi connectivity index (χ2n) is 16.9. The predicted molar refractivity (Wildman–Crippen MR) is 224 cm³/mol. The number of allylic oxidation sites excluding steroid dienone is 1. The molecule has 2 saturated heterocycles. The molecular weight excluding hydrogens is 805 g/mol. The summed E-state index contributed by atoms with van der Waals surface area (Å²) in [7, 11) is 0. The number of cyclic esters (lactones) is 1. The van der Waals surface area contributed by atoms with E-state index in [4.69, 9.17) is 23.7 Å². The number of esters is 2. The van der Waals surface area contributed by atoms with E-state index < -0.39 is 77.4 Å². The fourth-order valence-corrected chi connectivity index (χ4v) is 8.85. The highest BCUT2D eigenvalue weighted by Gasteiger charge is 2.53. The summed E-state index contributed by atoms with van der Waals surface area (Å²) in [6.45, 7) is 12.7. The minimum absolute atomic E-state index is 0.0231. The molecule has 61 heavy (non-hydrogen) atoms. The molecule has 3 aromatic rings. The van der Waals surface area contributed by atoms with E-state index in [1.165, 1.54) is 24.3 Å². The van der Waals surface area contributed by atoms with E-state index in [-0.39, 0.29) is 50.2 Å². The third-order valence-electron chi connectivity index (χ3n) is 11.9. The van der Waals surface area contributed by atoms with Crippen LogP contribution in [0.5, 0.6) is 5.75 Å². The Labute approximate surface area is 359 Å². The van der Waals surface area contributed by atoms with Gasteiger partial charge in [-0.25, -0.2) is 9.78 Å². The molecule has 7 atom stereocenters. The van der Waals surface area contributed by atoms with Crippen molar-refractivity contribution in [1.29, 1.82) is 0 Å². The first-order valence-electron chi connectivity index (χ1n) is 20.7. The Kier molecular flexibility index (Phi) is 14.3. The number of rotatable bonds is 11. The number of aliphatic hydroxyl groups is 1. The minimum Gasteiger partial charge on any atom is -0.457 e. The van der Waals surface area contributed by atoms with Crippen LogP contribution in [0, 0.1) is 24.2 Å². The van der Waals surface area contributed by atoms with E-state index >= 15 is 0 Å². The van der Waals surface area contributed by atoms with Crippen LogP contribution in [0.3, 0.4) is 0 Å². The number of carbonyl (C=O) groups is 6. The molecule has 0 bridgehead atoms. The number of hydrogen-bond acceptors (Lipinski definition) is 14. The van der Waals surface area contributed by atoms with Gasteiger partial charge in [-0.05, 0) is 94.7 Å². The summed E-state index contributed by atoms with van der Waals surface area (Å²) in [5.74, 6) is -3.41. The van der Waals surface area contributed by atoms with E-state index in [0.717, 1.165) is 38.5 Å². The van der Waals surface area contributed by atoms with E-state index in [1.54, 1.807) is 43.4 Å². The first-order chi connectivity index (χ1) is 29.0. The van der Waals surface area contributed by atoms with Gasteiger partial charge in [0.1, 0.15) is 30.3 Å². The molecule has 15 heteroatoms. The maximum atomic E-state index is 14.5. The van der Waals surface area contributed by atoms with Gasteiger partial charge in [-0.2, -0.15) is 0 Å². The number of Topliss-reactive ketones (excluding diaryl/α,β-unsaturated/α-hetero) is 1. The molecule has 0 aliphatic carbocycles. The summed E-state index contributed by atoms with van der Waals surface area (Å²) in [4.78, 5) is 83.4. The molecule has 0 spiro atoms. The number of epoxide rings is 1. The molecule has 326 valence electrons. The average Bonchev–Trinajstić information content (AvgIpc) is 3.50. The Morgan fingerprint density at radius 1 is 1.07 bits per heavy atom. The van der Waals surface area contributed by atoms with Crippen molar-refractivity contribution < 1.29 is 57.6 Å². The normalized spacial score (nSPS) is 27.0. The molecule has 14 nitrogen and oxygen atoms in total. The van der Waals surface area contributed by atoms with Gasteiger partial charge in [0, 0.05) is 37.5 Å². The number of aryl methyl sites for hydroxylation is 1. The number of fused-ring (bicyclic) bond motifs is 2. The number of ketones is 1. The van der Waals surface area contributed by atoms with Gasteiger partial charge in [-0.3, -0.25) is 28.9 Å². The quantitative estimate of drug-likeness (QED) is 0.0660. The van der Waals surface area contributed by atoms with Gasteiger partial charge >= 0.3 is 18.1 Å². The van der Waals surface area contributed by atoms with Crippen LogP contribution in [0.15, 0.2) is 67.3 Å². The molecule has 2 fully saturated rings. The second-order valence-corrected chi connectivity index (χ2v) is 18.1. The molecule has 0 radical (unpaired) electrons. The van der Waals surface area contributed by atoms with E-state index in [0.29, 0.717) is 18.4 Å². The van der Waals surface area contributed by atoms with Gasteiger partial charge in [-0.15, -0.1) is 17.9 Å². The Hall–Kier alpha value is -5.25. The number of nitrogens with zero attached hydrogens (tertiary/aromatic N) is 2. The molecule has 1 aromatic heterocycles. The smallest absolute Gasteiger partial charge is 0.457 e. The molecule has 1 unspecified atom stereocenters. The zero-order chi connectivity index (χ0) is 44.1. The lowest BCUT2D eigenvalue weighted by molar-refractivity contribution is -0.157. The van der Waals surface area contributed by atoms with Crippen molar-refractivity contribution in [3.63, 3.8) is 0 Å². The lowest BCUT2D eigenvalue weighted by Gasteiger charge is -2.37. The third kappa shape index (κ3) is 11.2. The maximum absolute atomic E-state index is 14.5. The van der Waals surface area contributed by atoms with Crippen molar-refractivity contribution in [2.75, 3.05) is 6.54 Å². The van der Waals surface area contributed by atoms with Gasteiger partial charge in [0.15, 0.2) is 0 Å². The highest BCUT2D eigenvalue weighted by atomic mass is 32.1. The lowest BCUT2D eigenvalue weighted by atomic mass is 9.71. The van der Waals surface area contributed by atoms with Crippen LogP contribution in [-0.2, 0) is 49.5 Å². The van der Waals surface area contributed by atoms with Gasteiger partial charge < -0.3 is 28.8 Å². The molecule has 2 aromatic carbocycles. The van der Waals surface area contributed by atoms with Crippen molar-refractivity contribution in [3.05, 3.63) is 83.4 Å². The molecule has 6 rings (SSSR count). The van der Waals surface area contributed by atoms with Crippen molar-refractivity contribution in [3.8, 4) is 5.75 Å². The van der Waals surface area contributed by atoms with Gasteiger partial charge in [0.2, 0.25) is 0 Å². The summed E-state index contributed by atoms with van der Waals surface area (Å²) in [5.41, 5.74) is 0.124. The molecule has 1 N–H and O–H groups in total. The average molecular weight is 859 g/mol. The Bertz CT molecular complexity index is 2160. The molecule has 0 saturated carbocycles. The zero-order valence-electron chi connectivity index (χ0n) is 35.3. The highest BCUT2D eigenvalue weighted by molar-refractivity contribution is 7.18. The van der Waals surface area contributed by atoms with Crippen LogP contribution in [0.2, 0.25) is 0 Å². The monoisotopic (exact) mass is 858 g/mol. The molecule has 2 amide bonds. The Morgan fingerprint density at radius 3 is 2.49 bits per heavy atom. The number of benzene rings is 2. The number of carbonyl (C=O) groups excluding carboxylic acids is 6. The van der Waals surface area contributed by atoms with Crippen molar-refractivity contribution in [1.82, 2.24) is 9.88 Å². The summed E-state index contributed by atoms with van der Waals surface area (Å²) < 4.78 is 30.1. The largest absolute Gasteiger partial charge is 0.508 e. The highest BCUT2D eigenvalue weighted by Crippen LogP contribution is 2.47. The van der Waals surface area contributed by atoms with Crippen LogP contribution in [-0.4, -0.2) is 81.1 Å². The standard InChI is InChI=1S/C46H54N2O12S/c1-7-10-32-42(53)27(2)11-8-21-46(6)37(60-46)24-34(30-15-18-35-33(23-30)47-28(3)61-35)58-41(52)25-36(45(4,5)43(32)54)59-44(55)56-26-29-13-16-31(17-14-29)57-40(51)12-9-22-48-38(49)19-20-39(48)50/h7,13-20,23,27,32,34,36-37,42,53H,1,8-12,21-22,24-26H2,2-6H3/t27-,32+,34-,36-,37-,42?,46+/m0/s1. The van der Waals surface area contributed by atoms with E-state index in [2.05, 4.69) is 11.6 Å².